The van der Waals surface area contributed by atoms with Crippen molar-refractivity contribution < 1.29 is 4.79 Å². The lowest BCUT2D eigenvalue weighted by molar-refractivity contribution is -0.134. The molecule has 2 heterocycles. The van der Waals surface area contributed by atoms with Crippen LogP contribution in [-0.2, 0) is 11.2 Å². The Balaban J connectivity index is 0.00000208. The minimum atomic E-state index is 0. The zero-order valence-corrected chi connectivity index (χ0v) is 16.0. The van der Waals surface area contributed by atoms with Crippen LogP contribution in [-0.4, -0.2) is 61.0 Å². The summed E-state index contributed by atoms with van der Waals surface area (Å²) >= 11 is 12.0. The fourth-order valence-corrected chi connectivity index (χ4v) is 3.76. The number of hydrogen-bond donors (Lipinski definition) is 1. The van der Waals surface area contributed by atoms with Crippen LogP contribution in [0.5, 0.6) is 0 Å². The van der Waals surface area contributed by atoms with E-state index in [2.05, 4.69) is 10.2 Å². The zero-order valence-electron chi connectivity index (χ0n) is 13.6. The van der Waals surface area contributed by atoms with Crippen LogP contribution in [0.15, 0.2) is 18.2 Å². The molecule has 1 atom stereocenters. The monoisotopic (exact) mass is 391 g/mol. The van der Waals surface area contributed by atoms with E-state index in [0.717, 1.165) is 44.8 Å². The van der Waals surface area contributed by atoms with E-state index in [0.29, 0.717) is 16.5 Å². The highest BCUT2D eigenvalue weighted by Gasteiger charge is 2.28. The molecule has 0 bridgehead atoms. The maximum absolute atomic E-state index is 12.8. The lowest BCUT2D eigenvalue weighted by atomic mass is 10.1. The number of nitrogens with one attached hydrogen (secondary N) is 1. The number of benzene rings is 1. The van der Waals surface area contributed by atoms with Gasteiger partial charge in [-0.3, -0.25) is 4.79 Å². The highest BCUT2D eigenvalue weighted by Crippen LogP contribution is 2.23. The Hall–Kier alpha value is -0.520. The van der Waals surface area contributed by atoms with Crippen LogP contribution < -0.4 is 5.32 Å². The van der Waals surface area contributed by atoms with Gasteiger partial charge >= 0.3 is 0 Å². The maximum Gasteiger partial charge on any atom is 0.227 e. The van der Waals surface area contributed by atoms with Crippen molar-refractivity contribution in [1.29, 1.82) is 0 Å². The summed E-state index contributed by atoms with van der Waals surface area (Å²) in [5.41, 5.74) is 0.919. The van der Waals surface area contributed by atoms with Crippen LogP contribution in [0, 0.1) is 0 Å². The van der Waals surface area contributed by atoms with Crippen molar-refractivity contribution in [2.24, 2.45) is 0 Å². The fraction of sp³-hybridized carbons (Fsp3) is 0.588. The van der Waals surface area contributed by atoms with Crippen molar-refractivity contribution >= 4 is 41.5 Å². The van der Waals surface area contributed by atoms with Gasteiger partial charge in [-0.05, 0) is 43.6 Å². The van der Waals surface area contributed by atoms with Gasteiger partial charge in [0.15, 0.2) is 0 Å². The highest BCUT2D eigenvalue weighted by atomic mass is 35.5. The Morgan fingerprint density at radius 3 is 2.62 bits per heavy atom. The number of hydrogen-bond acceptors (Lipinski definition) is 3. The van der Waals surface area contributed by atoms with E-state index < -0.39 is 0 Å². The van der Waals surface area contributed by atoms with Crippen molar-refractivity contribution in [3.05, 3.63) is 33.8 Å². The van der Waals surface area contributed by atoms with Crippen molar-refractivity contribution in [2.45, 2.75) is 25.3 Å². The Kier molecular flexibility index (Phi) is 7.63. The van der Waals surface area contributed by atoms with Gasteiger partial charge in [-0.25, -0.2) is 0 Å². The fourth-order valence-electron chi connectivity index (χ4n) is 3.44. The second kappa shape index (κ2) is 9.25. The molecule has 24 heavy (non-hydrogen) atoms. The first-order chi connectivity index (χ1) is 11.1. The highest BCUT2D eigenvalue weighted by molar-refractivity contribution is 6.42. The molecule has 2 aliphatic rings. The summed E-state index contributed by atoms with van der Waals surface area (Å²) in [7, 11) is 0. The maximum atomic E-state index is 12.8. The van der Waals surface area contributed by atoms with Crippen LogP contribution in [0.25, 0.3) is 0 Å². The van der Waals surface area contributed by atoms with E-state index in [1.807, 2.05) is 11.0 Å². The van der Waals surface area contributed by atoms with Crippen molar-refractivity contribution in [1.82, 2.24) is 15.1 Å². The van der Waals surface area contributed by atoms with E-state index in [9.17, 15) is 4.79 Å². The summed E-state index contributed by atoms with van der Waals surface area (Å²) < 4.78 is 0. The third kappa shape index (κ3) is 4.99. The Bertz CT molecular complexity index is 564. The molecule has 0 spiro atoms. The largest absolute Gasteiger partial charge is 0.336 e. The number of nitrogens with zero attached hydrogens (tertiary/aromatic N) is 2. The first-order valence-corrected chi connectivity index (χ1v) is 9.05. The third-order valence-corrected chi connectivity index (χ3v) is 5.42. The van der Waals surface area contributed by atoms with Gasteiger partial charge in [-0.2, -0.15) is 0 Å². The first kappa shape index (κ1) is 19.8. The summed E-state index contributed by atoms with van der Waals surface area (Å²) in [4.78, 5) is 17.3. The molecule has 0 aliphatic carbocycles. The summed E-state index contributed by atoms with van der Waals surface area (Å²) in [6.07, 6.45) is 2.93. The number of carbonyl (C=O) groups excluding carboxylic acids is 1. The Labute approximate surface area is 159 Å². The van der Waals surface area contributed by atoms with Crippen molar-refractivity contribution in [3.63, 3.8) is 0 Å². The SMILES string of the molecule is Cl.O=C(Cc1ccc(Cl)c(Cl)c1)N1CCNCC1CN1CCCC1. The van der Waals surface area contributed by atoms with Crippen LogP contribution >= 0.6 is 35.6 Å². The van der Waals surface area contributed by atoms with E-state index in [-0.39, 0.29) is 24.4 Å². The van der Waals surface area contributed by atoms with Gasteiger partial charge in [0.05, 0.1) is 22.5 Å². The predicted molar refractivity (Wildman–Crippen MR) is 101 cm³/mol. The quantitative estimate of drug-likeness (QED) is 0.856. The molecule has 7 heteroatoms. The number of likely N-dealkylation sites (tertiary alicyclic amines) is 1. The number of carbonyl (C=O) groups is 1. The summed E-state index contributed by atoms with van der Waals surface area (Å²) in [5, 5.41) is 4.45. The smallest absolute Gasteiger partial charge is 0.227 e. The standard InChI is InChI=1S/C17H23Cl2N3O.ClH/c18-15-4-3-13(9-16(15)19)10-17(23)22-8-5-20-11-14(22)12-21-6-1-2-7-21;/h3-4,9,14,20H,1-2,5-8,10-12H2;1H. The molecule has 1 aromatic rings. The van der Waals surface area contributed by atoms with E-state index in [4.69, 9.17) is 23.2 Å². The second-order valence-electron chi connectivity index (χ2n) is 6.38. The van der Waals surface area contributed by atoms with Gasteiger partial charge < -0.3 is 15.1 Å². The first-order valence-electron chi connectivity index (χ1n) is 8.30. The molecular weight excluding hydrogens is 369 g/mol. The molecule has 1 N–H and O–H groups in total. The number of rotatable bonds is 4. The minimum Gasteiger partial charge on any atom is -0.336 e. The number of halogens is 3. The molecule has 1 aromatic carbocycles. The lowest BCUT2D eigenvalue weighted by Gasteiger charge is -2.38. The molecule has 0 radical (unpaired) electrons. The summed E-state index contributed by atoms with van der Waals surface area (Å²) in [6.45, 7) is 5.81. The Morgan fingerprint density at radius 1 is 1.17 bits per heavy atom. The number of amides is 1. The molecule has 2 aliphatic heterocycles. The second-order valence-corrected chi connectivity index (χ2v) is 7.19. The molecule has 0 aromatic heterocycles. The van der Waals surface area contributed by atoms with E-state index >= 15 is 0 Å². The molecule has 1 unspecified atom stereocenters. The van der Waals surface area contributed by atoms with Crippen LogP contribution in [0.1, 0.15) is 18.4 Å². The Morgan fingerprint density at radius 2 is 1.92 bits per heavy atom. The summed E-state index contributed by atoms with van der Waals surface area (Å²) in [6, 6.07) is 5.69. The average molecular weight is 393 g/mol. The van der Waals surface area contributed by atoms with Crippen molar-refractivity contribution in [2.75, 3.05) is 39.3 Å². The van der Waals surface area contributed by atoms with E-state index in [1.54, 1.807) is 12.1 Å². The summed E-state index contributed by atoms with van der Waals surface area (Å²) in [5.74, 6) is 0.175. The number of piperazine rings is 1. The van der Waals surface area contributed by atoms with Crippen molar-refractivity contribution in [3.8, 4) is 0 Å². The molecule has 1 amide bonds. The third-order valence-electron chi connectivity index (χ3n) is 4.68. The van der Waals surface area contributed by atoms with Gasteiger partial charge in [0.1, 0.15) is 0 Å². The minimum absolute atomic E-state index is 0. The normalized spacial score (nSPS) is 21.6. The van der Waals surface area contributed by atoms with Gasteiger partial charge in [-0.1, -0.05) is 29.3 Å². The van der Waals surface area contributed by atoms with E-state index in [1.165, 1.54) is 12.8 Å². The predicted octanol–water partition coefficient (Wildman–Crippen LogP) is 2.85. The van der Waals surface area contributed by atoms with Gasteiger partial charge in [0, 0.05) is 26.2 Å². The molecule has 2 fully saturated rings. The van der Waals surface area contributed by atoms with Crippen LogP contribution in [0.4, 0.5) is 0 Å². The van der Waals surface area contributed by atoms with Gasteiger partial charge in [0.2, 0.25) is 5.91 Å². The average Bonchev–Trinajstić information content (AvgIpc) is 3.04. The van der Waals surface area contributed by atoms with Crippen LogP contribution in [0.2, 0.25) is 10.0 Å². The zero-order chi connectivity index (χ0) is 16.2. The molecule has 3 rings (SSSR count). The van der Waals surface area contributed by atoms with Crippen LogP contribution in [0.3, 0.4) is 0 Å². The lowest BCUT2D eigenvalue weighted by Crippen LogP contribution is -2.57. The topological polar surface area (TPSA) is 35.6 Å². The van der Waals surface area contributed by atoms with Gasteiger partial charge in [0.25, 0.3) is 0 Å². The molecule has 2 saturated heterocycles. The van der Waals surface area contributed by atoms with Gasteiger partial charge in [-0.15, -0.1) is 12.4 Å². The molecule has 134 valence electrons. The molecule has 0 saturated carbocycles. The molecule has 4 nitrogen and oxygen atoms in total. The molecular formula is C17H24Cl3N3O.